The van der Waals surface area contributed by atoms with E-state index in [1.54, 1.807) is 0 Å². The molecule has 2 aromatic heterocycles. The summed E-state index contributed by atoms with van der Waals surface area (Å²) in [7, 11) is 0. The van der Waals surface area contributed by atoms with Crippen molar-refractivity contribution in [3.8, 4) is 0 Å². The largest absolute Gasteiger partial charge is 0.353 e. The summed E-state index contributed by atoms with van der Waals surface area (Å²) in [5, 5.41) is 0. The van der Waals surface area contributed by atoms with Gasteiger partial charge < -0.3 is 20.1 Å². The molecule has 6 rings (SSSR count). The predicted octanol–water partition coefficient (Wildman–Crippen LogP) is 2.58. The van der Waals surface area contributed by atoms with Gasteiger partial charge in [0.05, 0.1) is 11.6 Å². The van der Waals surface area contributed by atoms with Crippen molar-refractivity contribution in [1.29, 1.82) is 0 Å². The van der Waals surface area contributed by atoms with E-state index in [4.69, 9.17) is 9.97 Å². The monoisotopic (exact) mass is 414 g/mol. The Labute approximate surface area is 181 Å². The van der Waals surface area contributed by atoms with Gasteiger partial charge in [0, 0.05) is 45.5 Å². The van der Waals surface area contributed by atoms with Crippen LogP contribution in [0.4, 0.5) is 23.4 Å². The van der Waals surface area contributed by atoms with Gasteiger partial charge >= 0.3 is 0 Å². The lowest BCUT2D eigenvalue weighted by molar-refractivity contribution is 0.533. The second-order valence-corrected chi connectivity index (χ2v) is 8.29. The van der Waals surface area contributed by atoms with Gasteiger partial charge in [0.2, 0.25) is 5.95 Å². The molecule has 2 N–H and O–H groups in total. The quantitative estimate of drug-likeness (QED) is 0.675. The van der Waals surface area contributed by atoms with E-state index in [-0.39, 0.29) is 6.04 Å². The van der Waals surface area contributed by atoms with Crippen molar-refractivity contribution < 1.29 is 0 Å². The minimum Gasteiger partial charge on any atom is -0.353 e. The van der Waals surface area contributed by atoms with E-state index in [0.717, 1.165) is 69.1 Å². The number of nitrogens with zero attached hydrogens (tertiary/aromatic N) is 6. The number of hydrogen-bond donors (Lipinski definition) is 2. The molecule has 1 atom stereocenters. The van der Waals surface area contributed by atoms with Gasteiger partial charge in [-0.05, 0) is 24.1 Å². The van der Waals surface area contributed by atoms with Crippen molar-refractivity contribution in [2.24, 2.45) is 0 Å². The fraction of sp³-hybridized carbons (Fsp3) is 0.348. The van der Waals surface area contributed by atoms with Gasteiger partial charge in [-0.15, -0.1) is 0 Å². The predicted molar refractivity (Wildman–Crippen MR) is 122 cm³/mol. The molecule has 0 aliphatic carbocycles. The van der Waals surface area contributed by atoms with E-state index in [9.17, 15) is 0 Å². The van der Waals surface area contributed by atoms with Crippen LogP contribution >= 0.6 is 0 Å². The van der Waals surface area contributed by atoms with E-state index < -0.39 is 0 Å². The Hall–Kier alpha value is -3.39. The van der Waals surface area contributed by atoms with Gasteiger partial charge in [-0.1, -0.05) is 36.4 Å². The summed E-state index contributed by atoms with van der Waals surface area (Å²) < 4.78 is 0. The average Bonchev–Trinajstić information content (AvgIpc) is 3.26. The van der Waals surface area contributed by atoms with Crippen molar-refractivity contribution >= 4 is 23.4 Å². The highest BCUT2D eigenvalue weighted by Crippen LogP contribution is 2.41. The van der Waals surface area contributed by atoms with Gasteiger partial charge in [-0.2, -0.15) is 9.97 Å². The summed E-state index contributed by atoms with van der Waals surface area (Å²) in [4.78, 5) is 21.5. The minimum absolute atomic E-state index is 0.284. The summed E-state index contributed by atoms with van der Waals surface area (Å²) in [6, 6.07) is 17.0. The van der Waals surface area contributed by atoms with Crippen LogP contribution in [0.2, 0.25) is 0 Å². The Morgan fingerprint density at radius 1 is 0.871 bits per heavy atom. The molecule has 0 radical (unpaired) electrons. The molecule has 31 heavy (non-hydrogen) atoms. The number of nitrogens with one attached hydrogen (secondary N) is 2. The SMILES string of the molecule is c1ccc(CN2CCC3NNc4nc(N5CCN(c6ccccn6)CC5)nc2c43)cc1. The van der Waals surface area contributed by atoms with Crippen LogP contribution in [0, 0.1) is 0 Å². The Bertz CT molecular complexity index is 1050. The van der Waals surface area contributed by atoms with E-state index in [1.807, 2.05) is 18.3 Å². The summed E-state index contributed by atoms with van der Waals surface area (Å²) in [6.07, 6.45) is 2.90. The van der Waals surface area contributed by atoms with Gasteiger partial charge in [0.25, 0.3) is 0 Å². The topological polar surface area (TPSA) is 72.5 Å². The highest BCUT2D eigenvalue weighted by Gasteiger charge is 2.35. The first-order valence-electron chi connectivity index (χ1n) is 11.0. The molecular weight excluding hydrogens is 388 g/mol. The van der Waals surface area contributed by atoms with Gasteiger partial charge in [0.1, 0.15) is 11.6 Å². The maximum atomic E-state index is 5.09. The summed E-state index contributed by atoms with van der Waals surface area (Å²) in [5.41, 5.74) is 9.21. The van der Waals surface area contributed by atoms with Crippen LogP contribution in [0.15, 0.2) is 54.7 Å². The third kappa shape index (κ3) is 3.42. The Balaban J connectivity index is 1.26. The molecule has 3 aliphatic heterocycles. The maximum Gasteiger partial charge on any atom is 0.229 e. The Kier molecular flexibility index (Phi) is 4.57. The lowest BCUT2D eigenvalue weighted by Gasteiger charge is -2.37. The zero-order valence-electron chi connectivity index (χ0n) is 17.4. The molecule has 1 unspecified atom stereocenters. The molecule has 1 aromatic carbocycles. The first kappa shape index (κ1) is 18.4. The molecule has 1 fully saturated rings. The zero-order valence-corrected chi connectivity index (χ0v) is 17.4. The third-order valence-electron chi connectivity index (χ3n) is 6.37. The molecule has 0 amide bonds. The standard InChI is InChI=1S/C23H26N8/c1-2-6-17(7-3-1)16-31-11-9-18-20-21(28-27-18)25-23(26-22(20)31)30-14-12-29(13-15-30)19-8-4-5-10-24-19/h1-8,10,18,27H,9,11-16H2,(H,25,26,28). The van der Waals surface area contributed by atoms with E-state index in [2.05, 4.69) is 66.9 Å². The van der Waals surface area contributed by atoms with Gasteiger partial charge in [-0.25, -0.2) is 10.4 Å². The third-order valence-corrected chi connectivity index (χ3v) is 6.37. The first-order valence-corrected chi connectivity index (χ1v) is 11.0. The van der Waals surface area contributed by atoms with Crippen LogP contribution in [0.1, 0.15) is 23.6 Å². The van der Waals surface area contributed by atoms with Crippen molar-refractivity contribution in [3.63, 3.8) is 0 Å². The van der Waals surface area contributed by atoms with E-state index >= 15 is 0 Å². The van der Waals surface area contributed by atoms with Gasteiger partial charge in [-0.3, -0.25) is 0 Å². The van der Waals surface area contributed by atoms with Crippen LogP contribution in [0.3, 0.4) is 0 Å². The van der Waals surface area contributed by atoms with Crippen LogP contribution in [-0.4, -0.2) is 47.7 Å². The average molecular weight is 415 g/mol. The molecule has 158 valence electrons. The molecule has 0 saturated carbocycles. The normalized spacial score (nSPS) is 19.9. The second kappa shape index (κ2) is 7.70. The summed E-state index contributed by atoms with van der Waals surface area (Å²) in [6.45, 7) is 5.42. The summed E-state index contributed by atoms with van der Waals surface area (Å²) in [5.74, 6) is 3.83. The highest BCUT2D eigenvalue weighted by atomic mass is 15.5. The lowest BCUT2D eigenvalue weighted by Crippen LogP contribution is -2.47. The fourth-order valence-corrected chi connectivity index (χ4v) is 4.71. The second-order valence-electron chi connectivity index (χ2n) is 8.29. The van der Waals surface area contributed by atoms with Gasteiger partial charge in [0.15, 0.2) is 5.82 Å². The number of rotatable bonds is 4. The number of hydrazine groups is 1. The zero-order chi connectivity index (χ0) is 20.6. The first-order chi connectivity index (χ1) is 15.3. The molecule has 3 aromatic rings. The molecule has 8 nitrogen and oxygen atoms in total. The van der Waals surface area contributed by atoms with E-state index in [1.165, 1.54) is 11.1 Å². The van der Waals surface area contributed by atoms with E-state index in [0.29, 0.717) is 0 Å². The highest BCUT2D eigenvalue weighted by molar-refractivity contribution is 5.67. The molecule has 5 heterocycles. The van der Waals surface area contributed by atoms with Crippen molar-refractivity contribution in [1.82, 2.24) is 20.4 Å². The Morgan fingerprint density at radius 2 is 1.68 bits per heavy atom. The number of pyridine rings is 1. The maximum absolute atomic E-state index is 5.09. The van der Waals surface area contributed by atoms with Crippen LogP contribution in [0.5, 0.6) is 0 Å². The van der Waals surface area contributed by atoms with Crippen molar-refractivity contribution in [3.05, 3.63) is 65.9 Å². The van der Waals surface area contributed by atoms with Crippen molar-refractivity contribution in [2.75, 3.05) is 52.8 Å². The summed E-state index contributed by atoms with van der Waals surface area (Å²) >= 11 is 0. The Morgan fingerprint density at radius 3 is 2.48 bits per heavy atom. The fourth-order valence-electron chi connectivity index (χ4n) is 4.71. The minimum atomic E-state index is 0.284. The number of benzene rings is 1. The van der Waals surface area contributed by atoms with Crippen LogP contribution in [0.25, 0.3) is 0 Å². The number of aromatic nitrogens is 3. The molecule has 8 heteroatoms. The molecule has 0 spiro atoms. The van der Waals surface area contributed by atoms with Crippen LogP contribution in [-0.2, 0) is 6.54 Å². The molecule has 0 bridgehead atoms. The molecular formula is C23H26N8. The number of piperazine rings is 1. The molecule has 1 saturated heterocycles. The van der Waals surface area contributed by atoms with Crippen molar-refractivity contribution in [2.45, 2.75) is 19.0 Å². The van der Waals surface area contributed by atoms with Crippen LogP contribution < -0.4 is 25.6 Å². The number of anilines is 4. The molecule has 3 aliphatic rings. The number of hydrogen-bond acceptors (Lipinski definition) is 8. The lowest BCUT2D eigenvalue weighted by atomic mass is 10.0. The smallest absolute Gasteiger partial charge is 0.229 e.